The first-order valence-corrected chi connectivity index (χ1v) is 8.30. The van der Waals surface area contributed by atoms with Gasteiger partial charge in [-0.3, -0.25) is 9.97 Å². The molecule has 0 atom stereocenters. The smallest absolute Gasteiger partial charge is 0.225 e. The van der Waals surface area contributed by atoms with Crippen LogP contribution in [0, 0.1) is 6.92 Å². The molecule has 0 unspecified atom stereocenters. The molecule has 0 aliphatic heterocycles. The lowest BCUT2D eigenvalue weighted by Crippen LogP contribution is -2.22. The third kappa shape index (κ3) is 4.97. The van der Waals surface area contributed by atoms with Gasteiger partial charge in [0.2, 0.25) is 5.95 Å². The summed E-state index contributed by atoms with van der Waals surface area (Å²) in [5.41, 5.74) is 3.16. The van der Waals surface area contributed by atoms with Crippen molar-refractivity contribution in [1.29, 1.82) is 0 Å². The summed E-state index contributed by atoms with van der Waals surface area (Å²) in [5, 5.41) is 3.25. The van der Waals surface area contributed by atoms with E-state index in [0.29, 0.717) is 12.5 Å². The quantitative estimate of drug-likeness (QED) is 0.717. The monoisotopic (exact) mass is 334 g/mol. The van der Waals surface area contributed by atoms with E-state index in [1.807, 2.05) is 62.8 Å². The number of hydrogen-bond donors (Lipinski definition) is 1. The van der Waals surface area contributed by atoms with Crippen molar-refractivity contribution >= 4 is 11.8 Å². The average molecular weight is 334 g/mol. The van der Waals surface area contributed by atoms with E-state index in [-0.39, 0.29) is 0 Å². The number of rotatable bonds is 7. The summed E-state index contributed by atoms with van der Waals surface area (Å²) >= 11 is 0. The van der Waals surface area contributed by atoms with Crippen molar-refractivity contribution in [3.63, 3.8) is 0 Å². The molecule has 0 bridgehead atoms. The number of nitrogens with zero attached hydrogens (tertiary/aromatic N) is 5. The Morgan fingerprint density at radius 2 is 1.88 bits per heavy atom. The maximum absolute atomic E-state index is 4.62. The van der Waals surface area contributed by atoms with E-state index in [1.54, 1.807) is 6.20 Å². The van der Waals surface area contributed by atoms with Gasteiger partial charge < -0.3 is 10.2 Å². The van der Waals surface area contributed by atoms with Crippen LogP contribution < -0.4 is 10.2 Å². The SMILES string of the molecule is Cc1cc(N(C)CCc2ccncc2)nc(NCc2ccccn2)n1. The first-order valence-electron chi connectivity index (χ1n) is 8.30. The fraction of sp³-hybridized carbons (Fsp3) is 0.263. The summed E-state index contributed by atoms with van der Waals surface area (Å²) in [6, 6.07) is 11.9. The number of aryl methyl sites for hydroxylation is 1. The van der Waals surface area contributed by atoms with Gasteiger partial charge >= 0.3 is 0 Å². The molecule has 0 saturated carbocycles. The predicted octanol–water partition coefficient (Wildman–Crippen LogP) is 2.87. The Bertz CT molecular complexity index is 792. The van der Waals surface area contributed by atoms with Crippen molar-refractivity contribution in [1.82, 2.24) is 19.9 Å². The van der Waals surface area contributed by atoms with Crippen LogP contribution in [0.4, 0.5) is 11.8 Å². The van der Waals surface area contributed by atoms with Gasteiger partial charge in [0.05, 0.1) is 12.2 Å². The minimum absolute atomic E-state index is 0.602. The molecule has 3 aromatic rings. The van der Waals surface area contributed by atoms with Crippen molar-refractivity contribution in [2.24, 2.45) is 0 Å². The molecule has 3 aromatic heterocycles. The zero-order valence-corrected chi connectivity index (χ0v) is 14.6. The third-order valence-corrected chi connectivity index (χ3v) is 3.87. The average Bonchev–Trinajstić information content (AvgIpc) is 2.66. The van der Waals surface area contributed by atoms with Crippen molar-refractivity contribution in [2.45, 2.75) is 19.9 Å². The molecular weight excluding hydrogens is 312 g/mol. The minimum atomic E-state index is 0.602. The molecule has 0 aromatic carbocycles. The van der Waals surface area contributed by atoms with Crippen LogP contribution in [-0.2, 0) is 13.0 Å². The molecule has 6 heteroatoms. The Morgan fingerprint density at radius 3 is 2.64 bits per heavy atom. The molecule has 0 aliphatic rings. The van der Waals surface area contributed by atoms with Crippen LogP contribution in [0.25, 0.3) is 0 Å². The lowest BCUT2D eigenvalue weighted by atomic mass is 10.2. The first kappa shape index (κ1) is 16.8. The highest BCUT2D eigenvalue weighted by Gasteiger charge is 2.07. The number of anilines is 2. The molecule has 6 nitrogen and oxygen atoms in total. The highest BCUT2D eigenvalue weighted by Crippen LogP contribution is 2.14. The standard InChI is InChI=1S/C19H22N6/c1-15-13-18(25(2)12-8-16-6-10-20-11-7-16)24-19(23-15)22-14-17-5-3-4-9-21-17/h3-7,9-11,13H,8,12,14H2,1-2H3,(H,22,23,24). The number of aromatic nitrogens is 4. The molecule has 0 saturated heterocycles. The van der Waals surface area contributed by atoms with Gasteiger partial charge in [0.15, 0.2) is 0 Å². The Hall–Kier alpha value is -3.02. The van der Waals surface area contributed by atoms with Crippen LogP contribution in [0.15, 0.2) is 55.0 Å². The zero-order valence-electron chi connectivity index (χ0n) is 14.6. The maximum atomic E-state index is 4.62. The molecule has 25 heavy (non-hydrogen) atoms. The first-order chi connectivity index (χ1) is 12.2. The molecule has 0 amide bonds. The van der Waals surface area contributed by atoms with Crippen LogP contribution in [0.5, 0.6) is 0 Å². The van der Waals surface area contributed by atoms with Gasteiger partial charge in [-0.05, 0) is 43.2 Å². The van der Waals surface area contributed by atoms with Crippen molar-refractivity contribution in [3.05, 3.63) is 71.9 Å². The summed E-state index contributed by atoms with van der Waals surface area (Å²) in [6.45, 7) is 3.46. The van der Waals surface area contributed by atoms with E-state index >= 15 is 0 Å². The topological polar surface area (TPSA) is 66.8 Å². The van der Waals surface area contributed by atoms with E-state index in [9.17, 15) is 0 Å². The third-order valence-electron chi connectivity index (χ3n) is 3.87. The zero-order chi connectivity index (χ0) is 17.5. The molecule has 0 fully saturated rings. The Balaban J connectivity index is 1.64. The summed E-state index contributed by atoms with van der Waals surface area (Å²) in [5.74, 6) is 1.53. The number of nitrogens with one attached hydrogen (secondary N) is 1. The molecule has 1 N–H and O–H groups in total. The number of likely N-dealkylation sites (N-methyl/N-ethyl adjacent to an activating group) is 1. The fourth-order valence-corrected chi connectivity index (χ4v) is 2.46. The minimum Gasteiger partial charge on any atom is -0.359 e. The van der Waals surface area contributed by atoms with Crippen LogP contribution in [0.3, 0.4) is 0 Å². The van der Waals surface area contributed by atoms with E-state index in [4.69, 9.17) is 0 Å². The fourth-order valence-electron chi connectivity index (χ4n) is 2.46. The lowest BCUT2D eigenvalue weighted by molar-refractivity contribution is 0.850. The summed E-state index contributed by atoms with van der Waals surface area (Å²) in [4.78, 5) is 19.6. The van der Waals surface area contributed by atoms with Crippen LogP contribution >= 0.6 is 0 Å². The second-order valence-electron chi connectivity index (χ2n) is 5.89. The summed E-state index contributed by atoms with van der Waals surface area (Å²) in [7, 11) is 2.05. The normalized spacial score (nSPS) is 10.5. The molecule has 0 radical (unpaired) electrons. The van der Waals surface area contributed by atoms with Crippen LogP contribution in [-0.4, -0.2) is 33.5 Å². The van der Waals surface area contributed by atoms with Gasteiger partial charge in [0.25, 0.3) is 0 Å². The van der Waals surface area contributed by atoms with Gasteiger partial charge in [-0.25, -0.2) is 4.98 Å². The number of hydrogen-bond acceptors (Lipinski definition) is 6. The molecule has 0 aliphatic carbocycles. The van der Waals surface area contributed by atoms with Crippen molar-refractivity contribution in [3.8, 4) is 0 Å². The summed E-state index contributed by atoms with van der Waals surface area (Å²) < 4.78 is 0. The molecule has 0 spiro atoms. The van der Waals surface area contributed by atoms with Gasteiger partial charge in [-0.15, -0.1) is 0 Å². The molecule has 3 rings (SSSR count). The lowest BCUT2D eigenvalue weighted by Gasteiger charge is -2.19. The van der Waals surface area contributed by atoms with Crippen molar-refractivity contribution in [2.75, 3.05) is 23.8 Å². The van der Waals surface area contributed by atoms with Crippen molar-refractivity contribution < 1.29 is 0 Å². The maximum Gasteiger partial charge on any atom is 0.225 e. The molecule has 128 valence electrons. The highest BCUT2D eigenvalue weighted by atomic mass is 15.2. The largest absolute Gasteiger partial charge is 0.359 e. The molecule has 3 heterocycles. The summed E-state index contributed by atoms with van der Waals surface area (Å²) in [6.07, 6.45) is 6.37. The van der Waals surface area contributed by atoms with Crippen LogP contribution in [0.1, 0.15) is 17.0 Å². The van der Waals surface area contributed by atoms with Gasteiger partial charge in [-0.1, -0.05) is 6.07 Å². The van der Waals surface area contributed by atoms with Gasteiger partial charge in [0, 0.05) is 43.9 Å². The van der Waals surface area contributed by atoms with E-state index < -0.39 is 0 Å². The second kappa shape index (κ2) is 8.19. The second-order valence-corrected chi connectivity index (χ2v) is 5.89. The van der Waals surface area contributed by atoms with E-state index in [2.05, 4.69) is 30.2 Å². The Labute approximate surface area is 148 Å². The number of pyridine rings is 2. The van der Waals surface area contributed by atoms with Gasteiger partial charge in [0.1, 0.15) is 5.82 Å². The Kier molecular flexibility index (Phi) is 5.51. The van der Waals surface area contributed by atoms with E-state index in [0.717, 1.165) is 30.2 Å². The highest BCUT2D eigenvalue weighted by molar-refractivity contribution is 5.44. The van der Waals surface area contributed by atoms with Crippen LogP contribution in [0.2, 0.25) is 0 Å². The Morgan fingerprint density at radius 1 is 1.04 bits per heavy atom. The van der Waals surface area contributed by atoms with Gasteiger partial charge in [-0.2, -0.15) is 4.98 Å². The predicted molar refractivity (Wildman–Crippen MR) is 99.5 cm³/mol. The molecular formula is C19H22N6. The van der Waals surface area contributed by atoms with E-state index in [1.165, 1.54) is 5.56 Å².